The SMILES string of the molecule is N#CC1=CC(C#N)=C(Sc2ccc(-n3c4ccccc4c4c5c(c6c(c7ccccc7n6-c6ccccn6)c43)Cc3ccccc3N5c3ccccn3)cc2)C=CC1. The first-order chi connectivity index (χ1) is 28.7. The minimum absolute atomic E-state index is 0.497. The fourth-order valence-corrected chi connectivity index (χ4v) is 9.70. The molecule has 1 aliphatic heterocycles. The molecule has 0 radical (unpaired) electrons. The highest BCUT2D eigenvalue weighted by molar-refractivity contribution is 8.03. The maximum absolute atomic E-state index is 9.99. The van der Waals surface area contributed by atoms with Crippen LogP contribution >= 0.6 is 11.8 Å². The monoisotopic (exact) mass is 761 g/mol. The van der Waals surface area contributed by atoms with Gasteiger partial charge in [-0.15, -0.1) is 0 Å². The van der Waals surface area contributed by atoms with Gasteiger partial charge in [0.25, 0.3) is 0 Å². The number of hydrogen-bond acceptors (Lipinski definition) is 6. The summed E-state index contributed by atoms with van der Waals surface area (Å²) >= 11 is 1.53. The Bertz CT molecular complexity index is 3320. The second-order valence-corrected chi connectivity index (χ2v) is 15.5. The van der Waals surface area contributed by atoms with E-state index >= 15 is 0 Å². The molecule has 0 atom stereocenters. The van der Waals surface area contributed by atoms with Crippen molar-refractivity contribution in [1.82, 2.24) is 19.1 Å². The van der Waals surface area contributed by atoms with Crippen LogP contribution in [0.3, 0.4) is 0 Å². The lowest BCUT2D eigenvalue weighted by molar-refractivity contribution is 1.04. The third-order valence-electron chi connectivity index (χ3n) is 11.2. The van der Waals surface area contributed by atoms with Crippen LogP contribution in [0.4, 0.5) is 17.2 Å². The summed E-state index contributed by atoms with van der Waals surface area (Å²) in [6.07, 6.45) is 10.6. The van der Waals surface area contributed by atoms with Crippen molar-refractivity contribution in [3.05, 3.63) is 191 Å². The molecule has 1 aliphatic carbocycles. The van der Waals surface area contributed by atoms with Crippen molar-refractivity contribution in [2.75, 3.05) is 4.90 Å². The van der Waals surface area contributed by atoms with E-state index in [2.05, 4.69) is 147 Å². The predicted molar refractivity (Wildman–Crippen MR) is 234 cm³/mol. The number of nitrogens with zero attached hydrogens (tertiary/aromatic N) is 7. The highest BCUT2D eigenvalue weighted by Gasteiger charge is 2.34. The Balaban J connectivity index is 1.26. The van der Waals surface area contributed by atoms with Crippen molar-refractivity contribution in [2.45, 2.75) is 17.7 Å². The standard InChI is InChI=1S/C50H31N7S/c51-30-32-12-11-19-43(34(28-32)31-52)58-36-24-22-35(23-25-36)55-41-17-5-2-14-37(41)46-48-39(29-33-13-1-4-16-40(33)56(48)44-20-7-9-26-53-44)49-47(50(46)55)38-15-3-6-18-42(38)57(49)45-21-8-10-27-54-45/h1-11,13-28H,12,29H2. The lowest BCUT2D eigenvalue weighted by Crippen LogP contribution is -2.20. The highest BCUT2D eigenvalue weighted by atomic mass is 32.2. The number of anilines is 3. The third kappa shape index (κ3) is 5.13. The number of allylic oxidation sites excluding steroid dienone is 5. The second-order valence-electron chi connectivity index (χ2n) is 14.4. The first kappa shape index (κ1) is 33.7. The summed E-state index contributed by atoms with van der Waals surface area (Å²) in [6, 6.07) is 51.4. The van der Waals surface area contributed by atoms with Crippen LogP contribution in [-0.4, -0.2) is 19.1 Å². The largest absolute Gasteiger partial charge is 0.308 e. The van der Waals surface area contributed by atoms with Gasteiger partial charge in [-0.1, -0.05) is 90.6 Å². The average molecular weight is 762 g/mol. The molecule has 0 N–H and O–H groups in total. The van der Waals surface area contributed by atoms with Crippen LogP contribution in [0.2, 0.25) is 0 Å². The fraction of sp³-hybridized carbons (Fsp3) is 0.0400. The predicted octanol–water partition coefficient (Wildman–Crippen LogP) is 12.3. The van der Waals surface area contributed by atoms with Gasteiger partial charge < -0.3 is 4.57 Å². The zero-order valence-electron chi connectivity index (χ0n) is 31.0. The van der Waals surface area contributed by atoms with Crippen LogP contribution in [0.25, 0.3) is 55.1 Å². The molecule has 5 aromatic carbocycles. The molecule has 0 saturated carbocycles. The van der Waals surface area contributed by atoms with Gasteiger partial charge >= 0.3 is 0 Å². The fourth-order valence-electron chi connectivity index (χ4n) is 8.80. The van der Waals surface area contributed by atoms with E-state index in [4.69, 9.17) is 9.97 Å². The maximum Gasteiger partial charge on any atom is 0.137 e. The second kappa shape index (κ2) is 13.5. The van der Waals surface area contributed by atoms with Crippen molar-refractivity contribution in [1.29, 1.82) is 10.5 Å². The topological polar surface area (TPSA) is 86.5 Å². The van der Waals surface area contributed by atoms with Crippen LogP contribution < -0.4 is 4.90 Å². The highest BCUT2D eigenvalue weighted by Crippen LogP contribution is 2.54. The number of nitriles is 2. The van der Waals surface area contributed by atoms with E-state index in [0.717, 1.165) is 88.5 Å². The van der Waals surface area contributed by atoms with Crippen molar-refractivity contribution >= 4 is 72.6 Å². The van der Waals surface area contributed by atoms with Gasteiger partial charge in [0.15, 0.2) is 0 Å². The Morgan fingerprint density at radius 2 is 1.29 bits per heavy atom. The van der Waals surface area contributed by atoms with Crippen LogP contribution in [0.15, 0.2) is 185 Å². The molecule has 0 bridgehead atoms. The minimum atomic E-state index is 0.497. The first-order valence-electron chi connectivity index (χ1n) is 19.1. The van der Waals surface area contributed by atoms with E-state index in [1.54, 1.807) is 6.08 Å². The average Bonchev–Trinajstić information content (AvgIpc) is 3.73. The zero-order valence-corrected chi connectivity index (χ0v) is 31.9. The van der Waals surface area contributed by atoms with E-state index < -0.39 is 0 Å². The van der Waals surface area contributed by atoms with E-state index in [9.17, 15) is 10.5 Å². The van der Waals surface area contributed by atoms with E-state index in [-0.39, 0.29) is 0 Å². The van der Waals surface area contributed by atoms with Gasteiger partial charge in [-0.05, 0) is 78.4 Å². The Kier molecular flexibility index (Phi) is 7.85. The van der Waals surface area contributed by atoms with E-state index in [0.29, 0.717) is 17.6 Å². The van der Waals surface area contributed by atoms with E-state index in [1.807, 2.05) is 36.7 Å². The number of para-hydroxylation sites is 3. The van der Waals surface area contributed by atoms with Gasteiger partial charge in [0.05, 0.1) is 45.1 Å². The van der Waals surface area contributed by atoms with E-state index in [1.165, 1.54) is 22.9 Å². The summed E-state index contributed by atoms with van der Waals surface area (Å²) in [5, 5.41) is 24.2. The first-order valence-corrected chi connectivity index (χ1v) is 19.9. The molecule has 272 valence electrons. The summed E-state index contributed by atoms with van der Waals surface area (Å²) in [7, 11) is 0. The molecular formula is C50H31N7S. The number of benzene rings is 5. The number of aromatic nitrogens is 4. The van der Waals surface area contributed by atoms with Crippen molar-refractivity contribution < 1.29 is 0 Å². The molecule has 9 aromatic rings. The molecule has 8 heteroatoms. The van der Waals surface area contributed by atoms with Crippen molar-refractivity contribution in [3.8, 4) is 23.6 Å². The lowest BCUT2D eigenvalue weighted by atomic mass is 9.90. The number of hydrogen-bond donors (Lipinski definition) is 0. The van der Waals surface area contributed by atoms with Crippen LogP contribution in [0.1, 0.15) is 17.5 Å². The summed E-state index contributed by atoms with van der Waals surface area (Å²) < 4.78 is 4.77. The molecule has 4 aromatic heterocycles. The van der Waals surface area contributed by atoms with Crippen molar-refractivity contribution in [2.24, 2.45) is 0 Å². The van der Waals surface area contributed by atoms with Crippen LogP contribution in [0, 0.1) is 22.7 Å². The summed E-state index contributed by atoms with van der Waals surface area (Å²) in [6.45, 7) is 0. The maximum atomic E-state index is 9.99. The van der Waals surface area contributed by atoms with Crippen molar-refractivity contribution in [3.63, 3.8) is 0 Å². The quantitative estimate of drug-likeness (QED) is 0.174. The van der Waals surface area contributed by atoms with Gasteiger partial charge in [0.1, 0.15) is 17.7 Å². The van der Waals surface area contributed by atoms with Gasteiger partial charge in [-0.2, -0.15) is 10.5 Å². The molecular weight excluding hydrogens is 731 g/mol. The Labute approximate surface area is 338 Å². The molecule has 11 rings (SSSR count). The third-order valence-corrected chi connectivity index (χ3v) is 12.2. The molecule has 2 aliphatic rings. The summed E-state index contributed by atoms with van der Waals surface area (Å²) in [5.74, 6) is 1.71. The molecule has 0 spiro atoms. The number of rotatable bonds is 5. The normalized spacial score (nSPS) is 13.7. The summed E-state index contributed by atoms with van der Waals surface area (Å²) in [5.41, 5.74) is 11.2. The van der Waals surface area contributed by atoms with Gasteiger partial charge in [0, 0.05) is 73.4 Å². The van der Waals surface area contributed by atoms with Crippen LogP contribution in [0.5, 0.6) is 0 Å². The molecule has 0 saturated heterocycles. The molecule has 0 fully saturated rings. The van der Waals surface area contributed by atoms with Gasteiger partial charge in [-0.3, -0.25) is 9.47 Å². The number of thioether (sulfide) groups is 1. The molecule has 0 amide bonds. The van der Waals surface area contributed by atoms with Crippen LogP contribution in [-0.2, 0) is 6.42 Å². The molecule has 5 heterocycles. The Morgan fingerprint density at radius 3 is 2.02 bits per heavy atom. The molecule has 7 nitrogen and oxygen atoms in total. The Morgan fingerprint density at radius 1 is 0.621 bits per heavy atom. The zero-order chi connectivity index (χ0) is 38.7. The lowest BCUT2D eigenvalue weighted by Gasteiger charge is -2.34. The summed E-state index contributed by atoms with van der Waals surface area (Å²) in [4.78, 5) is 14.1. The molecule has 0 unspecified atom stereocenters. The van der Waals surface area contributed by atoms with Gasteiger partial charge in [-0.25, -0.2) is 9.97 Å². The Hall–Kier alpha value is -7.65. The number of pyridine rings is 2. The van der Waals surface area contributed by atoms with Gasteiger partial charge in [0.2, 0.25) is 0 Å². The number of fused-ring (bicyclic) bond motifs is 11. The smallest absolute Gasteiger partial charge is 0.137 e. The molecule has 58 heavy (non-hydrogen) atoms. The minimum Gasteiger partial charge on any atom is -0.308 e.